The number of carbonyl (C=O) groups is 1. The van der Waals surface area contributed by atoms with Crippen molar-refractivity contribution in [2.24, 2.45) is 7.05 Å². The number of hydrogen-bond donors (Lipinski definition) is 1. The Morgan fingerprint density at radius 2 is 1.72 bits per heavy atom. The van der Waals surface area contributed by atoms with E-state index in [2.05, 4.69) is 22.0 Å². The van der Waals surface area contributed by atoms with Gasteiger partial charge in [-0.05, 0) is 43.7 Å². The molecule has 0 atom stereocenters. The molecule has 1 fully saturated rings. The van der Waals surface area contributed by atoms with Crippen LogP contribution in [-0.2, 0) is 11.8 Å². The fourth-order valence-corrected chi connectivity index (χ4v) is 4.33. The van der Waals surface area contributed by atoms with Gasteiger partial charge in [0.25, 0.3) is 5.56 Å². The van der Waals surface area contributed by atoms with Crippen LogP contribution in [0, 0.1) is 13.8 Å². The number of halogens is 1. The van der Waals surface area contributed by atoms with Crippen LogP contribution >= 0.6 is 11.6 Å². The molecule has 2 heterocycles. The molecule has 1 aromatic heterocycles. The highest BCUT2D eigenvalue weighted by molar-refractivity contribution is 6.30. The van der Waals surface area contributed by atoms with Crippen LogP contribution in [-0.4, -0.2) is 52.9 Å². The number of nitrogens with zero attached hydrogens (tertiary/aromatic N) is 4. The molecule has 0 unspecified atom stereocenters. The average Bonchev–Trinajstić information content (AvgIpc) is 2.99. The number of piperazine rings is 1. The smallest absolute Gasteiger partial charge is 0.295 e. The van der Waals surface area contributed by atoms with E-state index in [-0.39, 0.29) is 18.0 Å². The van der Waals surface area contributed by atoms with Crippen LogP contribution in [0.15, 0.2) is 53.3 Å². The number of hydrogen-bond acceptors (Lipinski definition) is 4. The fourth-order valence-electron chi connectivity index (χ4n) is 4.16. The van der Waals surface area contributed by atoms with Crippen molar-refractivity contribution < 1.29 is 4.79 Å². The van der Waals surface area contributed by atoms with Gasteiger partial charge in [0.2, 0.25) is 5.91 Å². The minimum absolute atomic E-state index is 0.177. The third kappa shape index (κ3) is 4.45. The van der Waals surface area contributed by atoms with Gasteiger partial charge in [0.05, 0.1) is 17.9 Å². The minimum Gasteiger partial charge on any atom is -0.369 e. The van der Waals surface area contributed by atoms with Gasteiger partial charge in [-0.3, -0.25) is 19.2 Å². The highest BCUT2D eigenvalue weighted by atomic mass is 35.5. The van der Waals surface area contributed by atoms with Crippen molar-refractivity contribution in [1.82, 2.24) is 14.3 Å². The van der Waals surface area contributed by atoms with E-state index < -0.39 is 0 Å². The zero-order valence-electron chi connectivity index (χ0n) is 18.6. The quantitative estimate of drug-likeness (QED) is 0.644. The Hall–Kier alpha value is -3.03. The maximum absolute atomic E-state index is 13.0. The van der Waals surface area contributed by atoms with E-state index in [9.17, 15) is 9.59 Å². The highest BCUT2D eigenvalue weighted by Crippen LogP contribution is 2.25. The van der Waals surface area contributed by atoms with Gasteiger partial charge in [0.15, 0.2) is 0 Å². The lowest BCUT2D eigenvalue weighted by molar-refractivity contribution is -0.117. The van der Waals surface area contributed by atoms with Crippen LogP contribution in [0.2, 0.25) is 5.02 Å². The molecule has 1 amide bonds. The molecule has 2 aromatic carbocycles. The predicted octanol–water partition coefficient (Wildman–Crippen LogP) is 3.21. The van der Waals surface area contributed by atoms with Gasteiger partial charge >= 0.3 is 0 Å². The van der Waals surface area contributed by atoms with Crippen molar-refractivity contribution in [3.63, 3.8) is 0 Å². The molecule has 168 valence electrons. The van der Waals surface area contributed by atoms with E-state index in [4.69, 9.17) is 11.6 Å². The van der Waals surface area contributed by atoms with E-state index in [0.717, 1.165) is 42.6 Å². The number of anilines is 2. The molecule has 3 aromatic rings. The number of nitrogens with one attached hydrogen (secondary N) is 1. The minimum atomic E-state index is -0.231. The lowest BCUT2D eigenvalue weighted by Gasteiger charge is -2.36. The van der Waals surface area contributed by atoms with Crippen molar-refractivity contribution in [3.8, 4) is 5.69 Å². The first kappa shape index (κ1) is 22.2. The normalized spacial score (nSPS) is 14.6. The molecule has 0 saturated carbocycles. The standard InChI is InChI=1S/C24H28ClN5O2/c1-17-9-10-19(25)15-21(17)29-13-11-28(12-14-29)16-22(31)26-23-18(2)27(3)30(24(23)32)20-7-5-4-6-8-20/h4-10,15H,11-14,16H2,1-3H3,(H,26,31). The molecular weight excluding hydrogens is 426 g/mol. The molecule has 1 aliphatic heterocycles. The highest BCUT2D eigenvalue weighted by Gasteiger charge is 2.22. The summed E-state index contributed by atoms with van der Waals surface area (Å²) in [5, 5.41) is 3.58. The van der Waals surface area contributed by atoms with Crippen LogP contribution in [0.3, 0.4) is 0 Å². The molecule has 0 spiro atoms. The monoisotopic (exact) mass is 453 g/mol. The third-order valence-corrected chi connectivity index (χ3v) is 6.31. The van der Waals surface area contributed by atoms with Crippen molar-refractivity contribution in [2.75, 3.05) is 42.9 Å². The topological polar surface area (TPSA) is 62.5 Å². The molecule has 1 saturated heterocycles. The van der Waals surface area contributed by atoms with E-state index in [1.807, 2.05) is 62.5 Å². The summed E-state index contributed by atoms with van der Waals surface area (Å²) in [5.74, 6) is -0.177. The maximum atomic E-state index is 13.0. The Morgan fingerprint density at radius 1 is 1.03 bits per heavy atom. The van der Waals surface area contributed by atoms with Crippen molar-refractivity contribution in [2.45, 2.75) is 13.8 Å². The van der Waals surface area contributed by atoms with E-state index in [1.165, 1.54) is 5.56 Å². The number of rotatable bonds is 5. The molecule has 0 radical (unpaired) electrons. The molecule has 4 rings (SSSR count). The number of benzene rings is 2. The van der Waals surface area contributed by atoms with Crippen LogP contribution in [0.5, 0.6) is 0 Å². The van der Waals surface area contributed by atoms with Gasteiger partial charge in [0.1, 0.15) is 5.69 Å². The number of aromatic nitrogens is 2. The number of carbonyl (C=O) groups excluding carboxylic acids is 1. The zero-order chi connectivity index (χ0) is 22.8. The molecule has 1 N–H and O–H groups in total. The third-order valence-electron chi connectivity index (χ3n) is 6.07. The van der Waals surface area contributed by atoms with Crippen molar-refractivity contribution in [3.05, 3.63) is 75.2 Å². The number of amides is 1. The molecule has 1 aliphatic rings. The molecule has 7 nitrogen and oxygen atoms in total. The van der Waals surface area contributed by atoms with E-state index in [0.29, 0.717) is 11.4 Å². The van der Waals surface area contributed by atoms with Crippen LogP contribution in [0.25, 0.3) is 5.69 Å². The van der Waals surface area contributed by atoms with Crippen LogP contribution < -0.4 is 15.8 Å². The largest absolute Gasteiger partial charge is 0.369 e. The Labute approximate surface area is 192 Å². The summed E-state index contributed by atoms with van der Waals surface area (Å²) < 4.78 is 3.33. The average molecular weight is 454 g/mol. The lowest BCUT2D eigenvalue weighted by atomic mass is 10.1. The summed E-state index contributed by atoms with van der Waals surface area (Å²) in [4.78, 5) is 30.2. The Kier molecular flexibility index (Phi) is 6.39. The fraction of sp³-hybridized carbons (Fsp3) is 0.333. The summed E-state index contributed by atoms with van der Waals surface area (Å²) in [6, 6.07) is 15.3. The second-order valence-electron chi connectivity index (χ2n) is 8.18. The number of aryl methyl sites for hydroxylation is 1. The summed E-state index contributed by atoms with van der Waals surface area (Å²) in [6.07, 6.45) is 0. The first-order valence-electron chi connectivity index (χ1n) is 10.7. The van der Waals surface area contributed by atoms with Crippen molar-refractivity contribution in [1.29, 1.82) is 0 Å². The van der Waals surface area contributed by atoms with Crippen molar-refractivity contribution >= 4 is 28.9 Å². The Morgan fingerprint density at radius 3 is 2.41 bits per heavy atom. The van der Waals surface area contributed by atoms with Gasteiger partial charge in [-0.1, -0.05) is 35.9 Å². The first-order chi connectivity index (χ1) is 15.3. The van der Waals surface area contributed by atoms with E-state index in [1.54, 1.807) is 9.36 Å². The Balaban J connectivity index is 1.40. The first-order valence-corrected chi connectivity index (χ1v) is 11.1. The SMILES string of the molecule is Cc1ccc(Cl)cc1N1CCN(CC(=O)Nc2c(C)n(C)n(-c3ccccc3)c2=O)CC1. The van der Waals surface area contributed by atoms with Gasteiger partial charge < -0.3 is 10.2 Å². The molecule has 32 heavy (non-hydrogen) atoms. The predicted molar refractivity (Wildman–Crippen MR) is 129 cm³/mol. The van der Waals surface area contributed by atoms with Gasteiger partial charge in [0, 0.05) is 43.9 Å². The lowest BCUT2D eigenvalue weighted by Crippen LogP contribution is -2.49. The van der Waals surface area contributed by atoms with Gasteiger partial charge in [-0.2, -0.15) is 0 Å². The molecule has 0 bridgehead atoms. The summed E-state index contributed by atoms with van der Waals surface area (Å²) in [5.41, 5.74) is 3.91. The number of para-hydroxylation sites is 1. The molecule has 8 heteroatoms. The van der Waals surface area contributed by atoms with Gasteiger partial charge in [-0.15, -0.1) is 0 Å². The second kappa shape index (κ2) is 9.22. The Bertz CT molecular complexity index is 1180. The van der Waals surface area contributed by atoms with Crippen LogP contribution in [0.1, 0.15) is 11.3 Å². The maximum Gasteiger partial charge on any atom is 0.295 e. The zero-order valence-corrected chi connectivity index (χ0v) is 19.4. The molecular formula is C24H28ClN5O2. The van der Waals surface area contributed by atoms with Crippen LogP contribution in [0.4, 0.5) is 11.4 Å². The summed E-state index contributed by atoms with van der Waals surface area (Å²) >= 11 is 6.17. The van der Waals surface area contributed by atoms with E-state index >= 15 is 0 Å². The second-order valence-corrected chi connectivity index (χ2v) is 8.62. The summed E-state index contributed by atoms with van der Waals surface area (Å²) in [7, 11) is 1.82. The summed E-state index contributed by atoms with van der Waals surface area (Å²) in [6.45, 7) is 7.34. The molecule has 0 aliphatic carbocycles. The van der Waals surface area contributed by atoms with Gasteiger partial charge in [-0.25, -0.2) is 4.68 Å².